The summed E-state index contributed by atoms with van der Waals surface area (Å²) in [5, 5.41) is 4.35. The van der Waals surface area contributed by atoms with Crippen molar-refractivity contribution in [2.75, 3.05) is 26.9 Å². The van der Waals surface area contributed by atoms with Gasteiger partial charge in [0, 0.05) is 42.7 Å². The number of nitrogens with zero attached hydrogens (tertiary/aromatic N) is 1. The summed E-state index contributed by atoms with van der Waals surface area (Å²) < 4.78 is 11.4. The van der Waals surface area contributed by atoms with E-state index >= 15 is 0 Å². The Morgan fingerprint density at radius 2 is 2.21 bits per heavy atom. The number of amides is 2. The molecule has 2 aliphatic rings. The summed E-state index contributed by atoms with van der Waals surface area (Å²) in [4.78, 5) is 18.3. The fourth-order valence-electron chi connectivity index (χ4n) is 4.81. The van der Waals surface area contributed by atoms with Crippen molar-refractivity contribution < 1.29 is 14.3 Å². The lowest BCUT2D eigenvalue weighted by Gasteiger charge is -2.40. The number of carbonyl (C=O) groups is 1. The molecule has 2 fully saturated rings. The second-order valence-electron chi connectivity index (χ2n) is 8.12. The van der Waals surface area contributed by atoms with E-state index in [2.05, 4.69) is 42.3 Å². The Balaban J connectivity index is 1.44. The minimum absolute atomic E-state index is 0.00267. The molecule has 152 valence electrons. The van der Waals surface area contributed by atoms with Gasteiger partial charge in [-0.05, 0) is 49.9 Å². The van der Waals surface area contributed by atoms with Crippen LogP contribution >= 0.6 is 0 Å². The standard InChI is InChI=1S/C22H31N3O3/c1-14-15(2)24-19-8-7-16(11-18(14)19)12-23-22(26)25-9-10-28-13-20(25)17-5-4-6-21(17)27-3/h7-8,11,17,20-21,24H,4-6,9-10,12-13H2,1-3H3,(H,23,26). The van der Waals surface area contributed by atoms with Gasteiger partial charge in [0.05, 0.1) is 25.4 Å². The lowest BCUT2D eigenvalue weighted by Crippen LogP contribution is -2.56. The molecule has 0 spiro atoms. The molecule has 1 saturated heterocycles. The van der Waals surface area contributed by atoms with Crippen molar-refractivity contribution in [2.24, 2.45) is 5.92 Å². The third-order valence-electron chi connectivity index (χ3n) is 6.54. The van der Waals surface area contributed by atoms with E-state index in [1.165, 1.54) is 16.6 Å². The predicted molar refractivity (Wildman–Crippen MR) is 109 cm³/mol. The predicted octanol–water partition coefficient (Wildman–Crippen LogP) is 3.51. The summed E-state index contributed by atoms with van der Waals surface area (Å²) in [5.74, 6) is 0.359. The first-order valence-corrected chi connectivity index (χ1v) is 10.3. The number of aromatic amines is 1. The minimum atomic E-state index is -0.00267. The molecule has 1 saturated carbocycles. The smallest absolute Gasteiger partial charge is 0.318 e. The van der Waals surface area contributed by atoms with Gasteiger partial charge >= 0.3 is 6.03 Å². The van der Waals surface area contributed by atoms with E-state index in [9.17, 15) is 4.79 Å². The van der Waals surface area contributed by atoms with Gasteiger partial charge in [0.25, 0.3) is 0 Å². The number of fused-ring (bicyclic) bond motifs is 1. The third-order valence-corrected chi connectivity index (χ3v) is 6.54. The van der Waals surface area contributed by atoms with Crippen LogP contribution in [0.5, 0.6) is 0 Å². The van der Waals surface area contributed by atoms with Crippen molar-refractivity contribution in [3.63, 3.8) is 0 Å². The second-order valence-corrected chi connectivity index (χ2v) is 8.12. The Morgan fingerprint density at radius 1 is 1.36 bits per heavy atom. The molecule has 0 bridgehead atoms. The number of H-pyrrole nitrogens is 1. The zero-order chi connectivity index (χ0) is 19.7. The quantitative estimate of drug-likeness (QED) is 0.846. The molecule has 1 aromatic carbocycles. The number of methoxy groups -OCH3 is 1. The Kier molecular flexibility index (Phi) is 5.60. The van der Waals surface area contributed by atoms with Gasteiger partial charge in [-0.1, -0.05) is 12.5 Å². The van der Waals surface area contributed by atoms with Gasteiger partial charge < -0.3 is 24.7 Å². The van der Waals surface area contributed by atoms with Crippen LogP contribution in [0.25, 0.3) is 10.9 Å². The van der Waals surface area contributed by atoms with Crippen molar-refractivity contribution in [1.82, 2.24) is 15.2 Å². The number of ether oxygens (including phenoxy) is 2. The zero-order valence-electron chi connectivity index (χ0n) is 17.1. The maximum atomic E-state index is 13.0. The molecule has 2 heterocycles. The van der Waals surface area contributed by atoms with Crippen LogP contribution in [0.3, 0.4) is 0 Å². The summed E-state index contributed by atoms with van der Waals surface area (Å²) in [6.07, 6.45) is 3.55. The van der Waals surface area contributed by atoms with Crippen LogP contribution in [-0.2, 0) is 16.0 Å². The molecule has 6 nitrogen and oxygen atoms in total. The molecule has 3 unspecified atom stereocenters. The van der Waals surface area contributed by atoms with E-state index in [1.54, 1.807) is 7.11 Å². The number of urea groups is 1. The van der Waals surface area contributed by atoms with E-state index in [4.69, 9.17) is 9.47 Å². The molecule has 0 radical (unpaired) electrons. The Labute approximate surface area is 166 Å². The highest BCUT2D eigenvalue weighted by atomic mass is 16.5. The van der Waals surface area contributed by atoms with Crippen LogP contribution in [0, 0.1) is 19.8 Å². The summed E-state index contributed by atoms with van der Waals surface area (Å²) in [6.45, 7) is 6.58. The van der Waals surface area contributed by atoms with Crippen LogP contribution in [0.15, 0.2) is 18.2 Å². The molecular weight excluding hydrogens is 354 g/mol. The fraction of sp³-hybridized carbons (Fsp3) is 0.591. The first-order chi connectivity index (χ1) is 13.6. The van der Waals surface area contributed by atoms with E-state index in [1.807, 2.05) is 4.90 Å². The lowest BCUT2D eigenvalue weighted by molar-refractivity contribution is -0.0399. The number of aryl methyl sites for hydroxylation is 2. The Bertz CT molecular complexity index is 847. The topological polar surface area (TPSA) is 66.6 Å². The maximum absolute atomic E-state index is 13.0. The molecular formula is C22H31N3O3. The number of aromatic nitrogens is 1. The molecule has 2 N–H and O–H groups in total. The number of morpholine rings is 1. The number of hydrogen-bond acceptors (Lipinski definition) is 3. The molecule has 1 aliphatic carbocycles. The van der Waals surface area contributed by atoms with Crippen molar-refractivity contribution in [3.05, 3.63) is 35.0 Å². The molecule has 2 aromatic rings. The van der Waals surface area contributed by atoms with Gasteiger partial charge in [-0.15, -0.1) is 0 Å². The SMILES string of the molecule is COC1CCCC1C1COCCN1C(=O)NCc1ccc2[nH]c(C)c(C)c2c1. The largest absolute Gasteiger partial charge is 0.381 e. The highest BCUT2D eigenvalue weighted by molar-refractivity contribution is 5.85. The fourth-order valence-corrected chi connectivity index (χ4v) is 4.81. The van der Waals surface area contributed by atoms with E-state index in [0.29, 0.717) is 32.2 Å². The van der Waals surface area contributed by atoms with Crippen LogP contribution < -0.4 is 5.32 Å². The van der Waals surface area contributed by atoms with Crippen molar-refractivity contribution in [2.45, 2.75) is 51.8 Å². The maximum Gasteiger partial charge on any atom is 0.318 e. The average molecular weight is 386 g/mol. The highest BCUT2D eigenvalue weighted by Gasteiger charge is 2.40. The summed E-state index contributed by atoms with van der Waals surface area (Å²) in [6, 6.07) is 6.43. The van der Waals surface area contributed by atoms with Gasteiger partial charge in [-0.25, -0.2) is 4.79 Å². The van der Waals surface area contributed by atoms with Crippen molar-refractivity contribution >= 4 is 16.9 Å². The number of nitrogens with one attached hydrogen (secondary N) is 2. The monoisotopic (exact) mass is 385 g/mol. The van der Waals surface area contributed by atoms with E-state index in [-0.39, 0.29) is 18.2 Å². The van der Waals surface area contributed by atoms with Gasteiger partial charge in [-0.2, -0.15) is 0 Å². The second kappa shape index (κ2) is 8.13. The average Bonchev–Trinajstić information content (AvgIpc) is 3.31. The number of carbonyl (C=O) groups excluding carboxylic acids is 1. The van der Waals surface area contributed by atoms with Crippen molar-refractivity contribution in [3.8, 4) is 0 Å². The number of hydrogen-bond donors (Lipinski definition) is 2. The van der Waals surface area contributed by atoms with Gasteiger partial charge in [-0.3, -0.25) is 0 Å². The van der Waals surface area contributed by atoms with Crippen LogP contribution in [0.1, 0.15) is 36.1 Å². The molecule has 4 rings (SSSR count). The van der Waals surface area contributed by atoms with Crippen LogP contribution in [0.2, 0.25) is 0 Å². The number of benzene rings is 1. The van der Waals surface area contributed by atoms with E-state index < -0.39 is 0 Å². The number of rotatable bonds is 4. The summed E-state index contributed by atoms with van der Waals surface area (Å²) in [7, 11) is 1.78. The lowest BCUT2D eigenvalue weighted by atomic mass is 9.94. The first kappa shape index (κ1) is 19.3. The summed E-state index contributed by atoms with van der Waals surface area (Å²) >= 11 is 0. The summed E-state index contributed by atoms with van der Waals surface area (Å²) in [5.41, 5.74) is 4.72. The minimum Gasteiger partial charge on any atom is -0.381 e. The molecule has 3 atom stereocenters. The van der Waals surface area contributed by atoms with E-state index in [0.717, 1.165) is 30.3 Å². The Hall–Kier alpha value is -2.05. The molecule has 6 heteroatoms. The van der Waals surface area contributed by atoms with Gasteiger partial charge in [0.2, 0.25) is 0 Å². The molecule has 1 aromatic heterocycles. The first-order valence-electron chi connectivity index (χ1n) is 10.3. The van der Waals surface area contributed by atoms with Gasteiger partial charge in [0.1, 0.15) is 0 Å². The van der Waals surface area contributed by atoms with Gasteiger partial charge in [0.15, 0.2) is 0 Å². The highest BCUT2D eigenvalue weighted by Crippen LogP contribution is 2.34. The third kappa shape index (κ3) is 3.63. The van der Waals surface area contributed by atoms with Crippen molar-refractivity contribution in [1.29, 1.82) is 0 Å². The molecule has 2 amide bonds. The Morgan fingerprint density at radius 3 is 3.04 bits per heavy atom. The molecule has 1 aliphatic heterocycles. The molecule has 28 heavy (non-hydrogen) atoms. The van der Waals surface area contributed by atoms with Crippen LogP contribution in [-0.4, -0.2) is 54.9 Å². The van der Waals surface area contributed by atoms with Crippen LogP contribution in [0.4, 0.5) is 4.79 Å². The zero-order valence-corrected chi connectivity index (χ0v) is 17.1. The normalized spacial score (nSPS) is 25.4.